The maximum absolute atomic E-state index is 5.50. The molecule has 0 bridgehead atoms. The van der Waals surface area contributed by atoms with Crippen LogP contribution < -0.4 is 5.32 Å². The molecule has 1 atom stereocenters. The van der Waals surface area contributed by atoms with Crippen LogP contribution in [0, 0.1) is 6.92 Å². The van der Waals surface area contributed by atoms with Gasteiger partial charge in [0, 0.05) is 17.8 Å². The van der Waals surface area contributed by atoms with Crippen molar-refractivity contribution in [2.75, 3.05) is 19.8 Å². The van der Waals surface area contributed by atoms with Crippen LogP contribution in [0.3, 0.4) is 0 Å². The van der Waals surface area contributed by atoms with Gasteiger partial charge in [-0.3, -0.25) is 0 Å². The van der Waals surface area contributed by atoms with Gasteiger partial charge in [-0.2, -0.15) is 0 Å². The van der Waals surface area contributed by atoms with E-state index in [0.29, 0.717) is 6.61 Å². The fourth-order valence-corrected chi connectivity index (χ4v) is 2.57. The lowest BCUT2D eigenvalue weighted by atomic mass is 10.1. The number of aryl methyl sites for hydroxylation is 2. The van der Waals surface area contributed by atoms with Crippen molar-refractivity contribution >= 4 is 0 Å². The SMILES string of the molecule is CCc1ccc(-c2nc(C3COCCN3)[nH]c2C)cc1. The summed E-state index contributed by atoms with van der Waals surface area (Å²) < 4.78 is 5.50. The minimum atomic E-state index is 0.172. The number of imidazole rings is 1. The van der Waals surface area contributed by atoms with Gasteiger partial charge in [-0.1, -0.05) is 31.2 Å². The molecular formula is C16H21N3O. The summed E-state index contributed by atoms with van der Waals surface area (Å²) in [6, 6.07) is 8.81. The third-order valence-electron chi connectivity index (χ3n) is 3.79. The largest absolute Gasteiger partial charge is 0.378 e. The highest BCUT2D eigenvalue weighted by atomic mass is 16.5. The number of hydrogen-bond acceptors (Lipinski definition) is 3. The van der Waals surface area contributed by atoms with Crippen molar-refractivity contribution in [3.63, 3.8) is 0 Å². The molecule has 3 rings (SSSR count). The lowest BCUT2D eigenvalue weighted by Crippen LogP contribution is -2.35. The standard InChI is InChI=1S/C16H21N3O/c1-3-12-4-6-13(7-5-12)15-11(2)18-16(19-15)14-10-20-9-8-17-14/h4-7,14,17H,3,8-10H2,1-2H3,(H,18,19). The number of aromatic amines is 1. The number of hydrogen-bond donors (Lipinski definition) is 2. The Bertz CT molecular complexity index is 568. The lowest BCUT2D eigenvalue weighted by Gasteiger charge is -2.21. The number of aromatic nitrogens is 2. The molecule has 0 amide bonds. The summed E-state index contributed by atoms with van der Waals surface area (Å²) in [5.74, 6) is 0.969. The molecule has 2 heterocycles. The Morgan fingerprint density at radius 3 is 2.75 bits per heavy atom. The molecule has 4 nitrogen and oxygen atoms in total. The van der Waals surface area contributed by atoms with Gasteiger partial charge in [0.2, 0.25) is 0 Å². The number of H-pyrrole nitrogens is 1. The van der Waals surface area contributed by atoms with Crippen molar-refractivity contribution in [1.29, 1.82) is 0 Å². The Morgan fingerprint density at radius 2 is 2.10 bits per heavy atom. The van der Waals surface area contributed by atoms with Gasteiger partial charge in [0.25, 0.3) is 0 Å². The molecule has 1 saturated heterocycles. The van der Waals surface area contributed by atoms with E-state index in [1.807, 2.05) is 0 Å². The van der Waals surface area contributed by atoms with Crippen molar-refractivity contribution in [1.82, 2.24) is 15.3 Å². The number of morpholine rings is 1. The predicted molar refractivity (Wildman–Crippen MR) is 79.7 cm³/mol. The van der Waals surface area contributed by atoms with Crippen LogP contribution in [0.2, 0.25) is 0 Å². The summed E-state index contributed by atoms with van der Waals surface area (Å²) in [5, 5.41) is 3.43. The second-order valence-electron chi connectivity index (χ2n) is 5.23. The summed E-state index contributed by atoms with van der Waals surface area (Å²) in [7, 11) is 0. The molecule has 1 aromatic carbocycles. The topological polar surface area (TPSA) is 49.9 Å². The minimum absolute atomic E-state index is 0.172. The first-order valence-corrected chi connectivity index (χ1v) is 7.25. The summed E-state index contributed by atoms with van der Waals surface area (Å²) in [6.45, 7) is 6.58. The molecule has 0 saturated carbocycles. The van der Waals surface area contributed by atoms with Crippen LogP contribution >= 0.6 is 0 Å². The van der Waals surface area contributed by atoms with Crippen molar-refractivity contribution in [2.45, 2.75) is 26.3 Å². The van der Waals surface area contributed by atoms with Gasteiger partial charge in [-0.25, -0.2) is 4.98 Å². The number of ether oxygens (including phenoxy) is 1. The molecule has 2 N–H and O–H groups in total. The monoisotopic (exact) mass is 271 g/mol. The lowest BCUT2D eigenvalue weighted by molar-refractivity contribution is 0.0745. The van der Waals surface area contributed by atoms with E-state index < -0.39 is 0 Å². The average molecular weight is 271 g/mol. The van der Waals surface area contributed by atoms with Crippen molar-refractivity contribution in [3.8, 4) is 11.3 Å². The van der Waals surface area contributed by atoms with Crippen LogP contribution in [0.25, 0.3) is 11.3 Å². The molecule has 1 aliphatic rings. The van der Waals surface area contributed by atoms with Gasteiger partial charge < -0.3 is 15.0 Å². The molecule has 0 spiro atoms. The molecule has 1 unspecified atom stereocenters. The van der Waals surface area contributed by atoms with Gasteiger partial charge in [0.15, 0.2) is 0 Å². The maximum Gasteiger partial charge on any atom is 0.126 e. The maximum atomic E-state index is 5.50. The van der Waals surface area contributed by atoms with Gasteiger partial charge in [0.05, 0.1) is 24.9 Å². The molecule has 1 fully saturated rings. The van der Waals surface area contributed by atoms with Crippen molar-refractivity contribution in [2.24, 2.45) is 0 Å². The second kappa shape index (κ2) is 5.77. The Balaban J connectivity index is 1.87. The highest BCUT2D eigenvalue weighted by Gasteiger charge is 2.20. The Morgan fingerprint density at radius 1 is 1.30 bits per heavy atom. The Hall–Kier alpha value is -1.65. The first-order chi connectivity index (χ1) is 9.78. The summed E-state index contributed by atoms with van der Waals surface area (Å²) in [5.41, 5.74) is 4.66. The minimum Gasteiger partial charge on any atom is -0.378 e. The molecule has 20 heavy (non-hydrogen) atoms. The third kappa shape index (κ3) is 2.62. The molecule has 2 aromatic rings. The van der Waals surface area contributed by atoms with Crippen LogP contribution in [0.4, 0.5) is 0 Å². The van der Waals surface area contributed by atoms with Crippen LogP contribution in [0.1, 0.15) is 30.0 Å². The Kier molecular flexibility index (Phi) is 3.85. The molecule has 0 radical (unpaired) electrons. The highest BCUT2D eigenvalue weighted by molar-refractivity contribution is 5.62. The zero-order valence-electron chi connectivity index (χ0n) is 12.1. The summed E-state index contributed by atoms with van der Waals surface area (Å²) in [6.07, 6.45) is 1.06. The normalized spacial score (nSPS) is 19.2. The van der Waals surface area contributed by atoms with Gasteiger partial charge in [0.1, 0.15) is 5.82 Å². The van der Waals surface area contributed by atoms with E-state index in [9.17, 15) is 0 Å². The molecule has 0 aliphatic carbocycles. The van der Waals surface area contributed by atoms with Crippen LogP contribution in [-0.2, 0) is 11.2 Å². The predicted octanol–water partition coefficient (Wildman–Crippen LogP) is 2.61. The van der Waals surface area contributed by atoms with Crippen molar-refractivity contribution < 1.29 is 4.74 Å². The summed E-state index contributed by atoms with van der Waals surface area (Å²) in [4.78, 5) is 8.15. The quantitative estimate of drug-likeness (QED) is 0.902. The van der Waals surface area contributed by atoms with E-state index in [1.54, 1.807) is 0 Å². The van der Waals surface area contributed by atoms with E-state index in [2.05, 4.69) is 48.4 Å². The van der Waals surface area contributed by atoms with E-state index in [0.717, 1.165) is 36.8 Å². The molecule has 1 aliphatic heterocycles. The molecular weight excluding hydrogens is 250 g/mol. The third-order valence-corrected chi connectivity index (χ3v) is 3.79. The van der Waals surface area contributed by atoms with E-state index in [1.165, 1.54) is 11.1 Å². The average Bonchev–Trinajstić information content (AvgIpc) is 2.90. The first-order valence-electron chi connectivity index (χ1n) is 7.25. The van der Waals surface area contributed by atoms with Gasteiger partial charge in [-0.15, -0.1) is 0 Å². The van der Waals surface area contributed by atoms with Crippen molar-refractivity contribution in [3.05, 3.63) is 41.3 Å². The number of benzene rings is 1. The zero-order chi connectivity index (χ0) is 13.9. The van der Waals surface area contributed by atoms with Crippen LogP contribution in [0.15, 0.2) is 24.3 Å². The molecule has 1 aromatic heterocycles. The van der Waals surface area contributed by atoms with E-state index in [4.69, 9.17) is 9.72 Å². The molecule has 106 valence electrons. The van der Waals surface area contributed by atoms with Gasteiger partial charge in [-0.05, 0) is 18.9 Å². The van der Waals surface area contributed by atoms with Crippen LogP contribution in [0.5, 0.6) is 0 Å². The van der Waals surface area contributed by atoms with Crippen LogP contribution in [-0.4, -0.2) is 29.7 Å². The smallest absolute Gasteiger partial charge is 0.126 e. The van der Waals surface area contributed by atoms with E-state index in [-0.39, 0.29) is 6.04 Å². The highest BCUT2D eigenvalue weighted by Crippen LogP contribution is 2.24. The zero-order valence-corrected chi connectivity index (χ0v) is 12.1. The van der Waals surface area contributed by atoms with Gasteiger partial charge >= 0.3 is 0 Å². The fraction of sp³-hybridized carbons (Fsp3) is 0.438. The number of nitrogens with zero attached hydrogens (tertiary/aromatic N) is 1. The summed E-state index contributed by atoms with van der Waals surface area (Å²) >= 11 is 0. The second-order valence-corrected chi connectivity index (χ2v) is 5.23. The molecule has 4 heteroatoms. The fourth-order valence-electron chi connectivity index (χ4n) is 2.57. The van der Waals surface area contributed by atoms with E-state index >= 15 is 0 Å². The number of rotatable bonds is 3. The first kappa shape index (κ1) is 13.3. The number of nitrogens with one attached hydrogen (secondary N) is 2. The Labute approximate surface area is 119 Å².